The number of aromatic nitrogens is 3. The lowest BCUT2D eigenvalue weighted by atomic mass is 9.73. The first-order valence-electron chi connectivity index (χ1n) is 9.91. The minimum Gasteiger partial charge on any atom is -0.504 e. The number of ether oxygens (including phenoxy) is 1. The zero-order valence-electron chi connectivity index (χ0n) is 17.2. The number of aromatic hydroxyl groups is 1. The zero-order chi connectivity index (χ0) is 20.8. The van der Waals surface area contributed by atoms with Gasteiger partial charge in [0.25, 0.3) is 0 Å². The number of benzene rings is 1. The molecule has 0 bridgehead atoms. The number of phenolic OH excluding ortho intramolecular Hbond substituents is 1. The number of nitrogens with zero attached hydrogens (tertiary/aromatic N) is 3. The highest BCUT2D eigenvalue weighted by Gasteiger charge is 2.42. The molecule has 29 heavy (non-hydrogen) atoms. The second kappa shape index (κ2) is 7.40. The number of fused-ring (bicyclic) bond motifs is 1. The summed E-state index contributed by atoms with van der Waals surface area (Å²) in [5.41, 5.74) is 2.37. The molecule has 8 heteroatoms. The maximum absolute atomic E-state index is 13.2. The second-order valence-corrected chi connectivity index (χ2v) is 9.35. The van der Waals surface area contributed by atoms with Gasteiger partial charge in [-0.15, -0.1) is 5.10 Å². The normalized spacial score (nSPS) is 20.1. The van der Waals surface area contributed by atoms with E-state index in [-0.39, 0.29) is 16.9 Å². The van der Waals surface area contributed by atoms with Crippen molar-refractivity contribution in [3.8, 4) is 11.5 Å². The summed E-state index contributed by atoms with van der Waals surface area (Å²) in [7, 11) is 0. The molecular weight excluding hydrogens is 388 g/mol. The molecule has 1 atom stereocenters. The molecule has 1 unspecified atom stereocenters. The molecule has 1 aromatic heterocycles. The van der Waals surface area contributed by atoms with Crippen LogP contribution in [0.5, 0.6) is 11.5 Å². The Morgan fingerprint density at radius 3 is 2.86 bits per heavy atom. The molecule has 0 saturated heterocycles. The standard InChI is InChI=1S/C21H26N4O3S/c1-5-28-16-9-12(7-8-14(16)26)18-17-13(10-21(3,4)11-15(17)27)22-19-23-20(29-6-2)24-25(18)19/h7-9,18,26H,5-6,10-11H2,1-4H3,(H,22,23,24). The van der Waals surface area contributed by atoms with Gasteiger partial charge < -0.3 is 15.2 Å². The Balaban J connectivity index is 1.88. The van der Waals surface area contributed by atoms with E-state index in [0.29, 0.717) is 29.9 Å². The monoisotopic (exact) mass is 414 g/mol. The van der Waals surface area contributed by atoms with Crippen LogP contribution in [0.2, 0.25) is 0 Å². The highest BCUT2D eigenvalue weighted by molar-refractivity contribution is 7.99. The summed E-state index contributed by atoms with van der Waals surface area (Å²) < 4.78 is 7.37. The van der Waals surface area contributed by atoms with E-state index < -0.39 is 6.04 Å². The summed E-state index contributed by atoms with van der Waals surface area (Å²) in [6.07, 6.45) is 1.26. The first-order valence-corrected chi connectivity index (χ1v) is 10.9. The molecule has 2 aromatic rings. The van der Waals surface area contributed by atoms with E-state index in [4.69, 9.17) is 4.74 Å². The minimum atomic E-state index is -0.400. The third-order valence-corrected chi connectivity index (χ3v) is 5.91. The van der Waals surface area contributed by atoms with Crippen molar-refractivity contribution >= 4 is 23.5 Å². The summed E-state index contributed by atoms with van der Waals surface area (Å²) in [4.78, 5) is 17.8. The molecule has 0 fully saturated rings. The van der Waals surface area contributed by atoms with E-state index in [0.717, 1.165) is 29.0 Å². The maximum atomic E-state index is 13.2. The van der Waals surface area contributed by atoms with Crippen LogP contribution in [-0.2, 0) is 4.79 Å². The smallest absolute Gasteiger partial charge is 0.227 e. The van der Waals surface area contributed by atoms with Crippen molar-refractivity contribution in [1.29, 1.82) is 0 Å². The van der Waals surface area contributed by atoms with Crippen LogP contribution in [0.3, 0.4) is 0 Å². The first-order chi connectivity index (χ1) is 13.8. The molecule has 7 nitrogen and oxygen atoms in total. The molecule has 2 heterocycles. The largest absolute Gasteiger partial charge is 0.504 e. The van der Waals surface area contributed by atoms with Gasteiger partial charge in [0.1, 0.15) is 6.04 Å². The van der Waals surface area contributed by atoms with Crippen LogP contribution in [0.15, 0.2) is 34.6 Å². The first kappa shape index (κ1) is 19.8. The van der Waals surface area contributed by atoms with Crippen LogP contribution in [0.4, 0.5) is 5.95 Å². The van der Waals surface area contributed by atoms with Crippen molar-refractivity contribution < 1.29 is 14.6 Å². The van der Waals surface area contributed by atoms with Gasteiger partial charge in [-0.05, 0) is 42.2 Å². The second-order valence-electron chi connectivity index (χ2n) is 8.12. The Morgan fingerprint density at radius 2 is 2.14 bits per heavy atom. The number of thioether (sulfide) groups is 1. The third kappa shape index (κ3) is 3.61. The molecule has 0 radical (unpaired) electrons. The summed E-state index contributed by atoms with van der Waals surface area (Å²) in [5, 5.41) is 18.9. The van der Waals surface area contributed by atoms with Gasteiger partial charge in [0.05, 0.1) is 6.61 Å². The number of Topliss-reactive ketones (excluding diaryl/α,β-unsaturated/α-hetero) is 1. The van der Waals surface area contributed by atoms with E-state index >= 15 is 0 Å². The molecule has 154 valence electrons. The van der Waals surface area contributed by atoms with Crippen LogP contribution < -0.4 is 10.1 Å². The Labute approximate surface area is 174 Å². The lowest BCUT2D eigenvalue weighted by Gasteiger charge is -2.38. The Kier molecular flexibility index (Phi) is 5.06. The fraction of sp³-hybridized carbons (Fsp3) is 0.476. The fourth-order valence-corrected chi connectivity index (χ4v) is 4.61. The van der Waals surface area contributed by atoms with Crippen LogP contribution in [0.25, 0.3) is 0 Å². The highest BCUT2D eigenvalue weighted by atomic mass is 32.2. The number of carbonyl (C=O) groups is 1. The Morgan fingerprint density at radius 1 is 1.34 bits per heavy atom. The molecular formula is C21H26N4O3S. The molecule has 0 saturated carbocycles. The topological polar surface area (TPSA) is 89.3 Å². The number of anilines is 1. The molecule has 0 spiro atoms. The summed E-state index contributed by atoms with van der Waals surface area (Å²) >= 11 is 1.56. The van der Waals surface area contributed by atoms with Crippen molar-refractivity contribution in [2.24, 2.45) is 5.41 Å². The van der Waals surface area contributed by atoms with E-state index in [1.54, 1.807) is 28.6 Å². The molecule has 2 aliphatic rings. The number of rotatable bonds is 5. The number of carbonyl (C=O) groups excluding carboxylic acids is 1. The molecule has 4 rings (SSSR count). The van der Waals surface area contributed by atoms with E-state index in [1.165, 1.54) is 0 Å². The predicted molar refractivity (Wildman–Crippen MR) is 113 cm³/mol. The van der Waals surface area contributed by atoms with Gasteiger partial charge >= 0.3 is 0 Å². The molecule has 1 aliphatic carbocycles. The predicted octanol–water partition coefficient (Wildman–Crippen LogP) is 4.15. The quantitative estimate of drug-likeness (QED) is 0.710. The third-order valence-electron chi connectivity index (χ3n) is 5.19. The lowest BCUT2D eigenvalue weighted by Crippen LogP contribution is -2.36. The van der Waals surface area contributed by atoms with Crippen molar-refractivity contribution in [3.63, 3.8) is 0 Å². The van der Waals surface area contributed by atoms with E-state index in [2.05, 4.69) is 36.2 Å². The van der Waals surface area contributed by atoms with Crippen LogP contribution in [-0.4, -0.2) is 38.0 Å². The van der Waals surface area contributed by atoms with Crippen molar-refractivity contribution in [2.75, 3.05) is 17.7 Å². The molecule has 2 N–H and O–H groups in total. The van der Waals surface area contributed by atoms with Crippen molar-refractivity contribution in [3.05, 3.63) is 35.0 Å². The molecule has 1 aromatic carbocycles. The Bertz CT molecular complexity index is 996. The summed E-state index contributed by atoms with van der Waals surface area (Å²) in [6, 6.07) is 4.83. The Hall–Kier alpha value is -2.48. The van der Waals surface area contributed by atoms with Crippen molar-refractivity contribution in [2.45, 2.75) is 51.7 Å². The van der Waals surface area contributed by atoms with E-state index in [9.17, 15) is 9.90 Å². The van der Waals surface area contributed by atoms with Gasteiger partial charge in [0.2, 0.25) is 11.1 Å². The van der Waals surface area contributed by atoms with Crippen LogP contribution >= 0.6 is 11.8 Å². The zero-order valence-corrected chi connectivity index (χ0v) is 18.0. The molecule has 1 aliphatic heterocycles. The number of phenols is 1. The van der Waals surface area contributed by atoms with Crippen LogP contribution in [0.1, 0.15) is 52.1 Å². The summed E-state index contributed by atoms with van der Waals surface area (Å²) in [6.45, 7) is 8.58. The maximum Gasteiger partial charge on any atom is 0.227 e. The van der Waals surface area contributed by atoms with Gasteiger partial charge in [0.15, 0.2) is 17.3 Å². The van der Waals surface area contributed by atoms with Gasteiger partial charge in [-0.3, -0.25) is 4.79 Å². The average Bonchev–Trinajstić information content (AvgIpc) is 3.03. The van der Waals surface area contributed by atoms with E-state index in [1.807, 2.05) is 13.0 Å². The number of allylic oxidation sites excluding steroid dienone is 2. The lowest BCUT2D eigenvalue weighted by molar-refractivity contribution is -0.118. The van der Waals surface area contributed by atoms with Gasteiger partial charge in [0, 0.05) is 17.7 Å². The van der Waals surface area contributed by atoms with Gasteiger partial charge in [-0.1, -0.05) is 38.6 Å². The van der Waals surface area contributed by atoms with Gasteiger partial charge in [-0.25, -0.2) is 4.68 Å². The highest BCUT2D eigenvalue weighted by Crippen LogP contribution is 2.46. The average molecular weight is 415 g/mol. The number of hydrogen-bond donors (Lipinski definition) is 2. The summed E-state index contributed by atoms with van der Waals surface area (Å²) in [5.74, 6) is 2.10. The SMILES string of the molecule is CCOc1cc(C2C3=C(CC(C)(C)CC3=O)Nc3nc(SCC)nn32)ccc1O. The number of nitrogens with one attached hydrogen (secondary N) is 1. The van der Waals surface area contributed by atoms with Crippen LogP contribution in [0, 0.1) is 5.41 Å². The fourth-order valence-electron chi connectivity index (χ4n) is 4.06. The molecule has 0 amide bonds. The number of hydrogen-bond acceptors (Lipinski definition) is 7. The van der Waals surface area contributed by atoms with Gasteiger partial charge in [-0.2, -0.15) is 4.98 Å². The number of ketones is 1. The van der Waals surface area contributed by atoms with Crippen molar-refractivity contribution in [1.82, 2.24) is 14.8 Å². The minimum absolute atomic E-state index is 0.0795.